The van der Waals surface area contributed by atoms with Crippen LogP contribution in [0.25, 0.3) is 0 Å². The summed E-state index contributed by atoms with van der Waals surface area (Å²) in [6.07, 6.45) is 93.3. The van der Waals surface area contributed by atoms with E-state index in [4.69, 9.17) is 13.8 Å². The smallest absolute Gasteiger partial charge is 0.306 e. The Morgan fingerprint density at radius 2 is 0.670 bits per heavy atom. The summed E-state index contributed by atoms with van der Waals surface area (Å²) in [6, 6.07) is -0.890. The van der Waals surface area contributed by atoms with Crippen molar-refractivity contribution < 1.29 is 37.3 Å². The van der Waals surface area contributed by atoms with Crippen LogP contribution in [0.4, 0.5) is 0 Å². The number of phosphoric ester groups is 1. The van der Waals surface area contributed by atoms with Gasteiger partial charge in [-0.05, 0) is 102 Å². The highest BCUT2D eigenvalue weighted by molar-refractivity contribution is 7.45. The van der Waals surface area contributed by atoms with Crippen LogP contribution >= 0.6 is 7.82 Å². The van der Waals surface area contributed by atoms with Crippen molar-refractivity contribution in [3.05, 3.63) is 72.9 Å². The first-order valence-electron chi connectivity index (χ1n) is 39.2. The van der Waals surface area contributed by atoms with Gasteiger partial charge < -0.3 is 28.5 Å². The van der Waals surface area contributed by atoms with Gasteiger partial charge in [-0.25, -0.2) is 0 Å². The SMILES string of the molecule is CCCCC/C=C\C/C=C\C/C=C\CCCCCCCCCCCCCCCCC(=O)NC(COP(=O)([O-])OCC[N+](C)(C)C)C(/C=C/CCCCCCCCCCC)OC(=O)CCCCCCCCCCCCCCCCCCC/C=C\C/C=C\CCCCC. The zero-order valence-corrected chi connectivity index (χ0v) is 61.9. The lowest BCUT2D eigenvalue weighted by Gasteiger charge is -2.30. The Bertz CT molecular complexity index is 1780. The fourth-order valence-corrected chi connectivity index (χ4v) is 12.3. The van der Waals surface area contributed by atoms with Gasteiger partial charge in [0.25, 0.3) is 7.82 Å². The van der Waals surface area contributed by atoms with Crippen LogP contribution in [0.2, 0.25) is 0 Å². The van der Waals surface area contributed by atoms with E-state index in [1.807, 2.05) is 33.3 Å². The molecule has 0 aromatic heterocycles. The summed E-state index contributed by atoms with van der Waals surface area (Å²) in [5.74, 6) is -0.526. The molecule has 0 spiro atoms. The molecule has 0 heterocycles. The third kappa shape index (κ3) is 71.6. The highest BCUT2D eigenvalue weighted by atomic mass is 31.2. The molecule has 0 fully saturated rings. The first-order valence-corrected chi connectivity index (χ1v) is 40.7. The Morgan fingerprint density at radius 3 is 1.02 bits per heavy atom. The molecular weight excluding hydrogens is 1140 g/mol. The van der Waals surface area contributed by atoms with Crippen LogP contribution in [-0.2, 0) is 27.9 Å². The first-order chi connectivity index (χ1) is 44.4. The van der Waals surface area contributed by atoms with Gasteiger partial charge in [-0.1, -0.05) is 338 Å². The van der Waals surface area contributed by atoms with E-state index in [9.17, 15) is 19.0 Å². The predicted octanol–water partition coefficient (Wildman–Crippen LogP) is 24.8. The maximum absolute atomic E-state index is 13.6. The fraction of sp³-hybridized carbons (Fsp3) is 0.827. The second-order valence-electron chi connectivity index (χ2n) is 27.9. The Morgan fingerprint density at radius 1 is 0.385 bits per heavy atom. The van der Waals surface area contributed by atoms with Gasteiger partial charge in [0.05, 0.1) is 33.8 Å². The van der Waals surface area contributed by atoms with Crippen molar-refractivity contribution in [2.75, 3.05) is 40.9 Å². The lowest BCUT2D eigenvalue weighted by atomic mass is 10.0. The fourth-order valence-electron chi connectivity index (χ4n) is 11.6. The van der Waals surface area contributed by atoms with E-state index in [1.165, 1.54) is 270 Å². The minimum atomic E-state index is -4.71. The Kier molecular flexibility index (Phi) is 68.3. The summed E-state index contributed by atoms with van der Waals surface area (Å²) < 4.78 is 30.5. The zero-order valence-electron chi connectivity index (χ0n) is 61.1. The molecule has 0 rings (SSSR count). The summed E-state index contributed by atoms with van der Waals surface area (Å²) in [7, 11) is 1.20. The highest BCUT2D eigenvalue weighted by Crippen LogP contribution is 2.38. The van der Waals surface area contributed by atoms with Crippen molar-refractivity contribution >= 4 is 19.7 Å². The van der Waals surface area contributed by atoms with Crippen molar-refractivity contribution in [3.8, 4) is 0 Å². The van der Waals surface area contributed by atoms with E-state index in [-0.39, 0.29) is 31.5 Å². The van der Waals surface area contributed by atoms with Gasteiger partial charge in [0.2, 0.25) is 5.91 Å². The van der Waals surface area contributed by atoms with Gasteiger partial charge in [0.1, 0.15) is 19.3 Å². The van der Waals surface area contributed by atoms with Crippen LogP contribution in [0, 0.1) is 0 Å². The van der Waals surface area contributed by atoms with E-state index in [0.29, 0.717) is 17.4 Å². The monoisotopic (exact) mass is 1300 g/mol. The molecule has 10 heteroatoms. The molecule has 0 saturated heterocycles. The number of amides is 1. The molecule has 0 aromatic rings. The molecule has 0 aromatic carbocycles. The number of hydrogen-bond acceptors (Lipinski definition) is 7. The Balaban J connectivity index is 4.87. The molecule has 0 aliphatic heterocycles. The number of allylic oxidation sites excluding steroid dienone is 11. The molecule has 91 heavy (non-hydrogen) atoms. The van der Waals surface area contributed by atoms with Crippen molar-refractivity contribution in [2.24, 2.45) is 0 Å². The number of rotatable bonds is 72. The zero-order chi connectivity index (χ0) is 66.3. The molecule has 0 bridgehead atoms. The number of ether oxygens (including phenoxy) is 1. The second-order valence-corrected chi connectivity index (χ2v) is 29.3. The summed E-state index contributed by atoms with van der Waals surface area (Å²) in [5.41, 5.74) is 0. The Hall–Kier alpha value is -2.55. The number of unbranched alkanes of at least 4 members (excludes halogenated alkanes) is 46. The van der Waals surface area contributed by atoms with E-state index in [2.05, 4.69) is 86.8 Å². The molecule has 0 radical (unpaired) electrons. The number of quaternary nitrogens is 1. The molecule has 0 saturated carbocycles. The lowest BCUT2D eigenvalue weighted by molar-refractivity contribution is -0.870. The van der Waals surface area contributed by atoms with Gasteiger partial charge in [-0.3, -0.25) is 14.2 Å². The summed E-state index contributed by atoms with van der Waals surface area (Å²) in [6.45, 7) is 6.84. The molecule has 3 atom stereocenters. The molecule has 9 nitrogen and oxygen atoms in total. The first kappa shape index (κ1) is 88.5. The minimum Gasteiger partial charge on any atom is -0.756 e. The van der Waals surface area contributed by atoms with E-state index in [1.54, 1.807) is 0 Å². The maximum atomic E-state index is 13.6. The largest absolute Gasteiger partial charge is 0.756 e. The van der Waals surface area contributed by atoms with Gasteiger partial charge in [0, 0.05) is 12.8 Å². The van der Waals surface area contributed by atoms with Gasteiger partial charge in [-0.15, -0.1) is 0 Å². The van der Waals surface area contributed by atoms with Crippen LogP contribution in [0.15, 0.2) is 72.9 Å². The van der Waals surface area contributed by atoms with Crippen LogP contribution in [0.1, 0.15) is 380 Å². The van der Waals surface area contributed by atoms with Crippen LogP contribution in [-0.4, -0.2) is 69.4 Å². The number of hydrogen-bond donors (Lipinski definition) is 1. The topological polar surface area (TPSA) is 114 Å². The van der Waals surface area contributed by atoms with Crippen molar-refractivity contribution in [2.45, 2.75) is 392 Å². The Labute approximate surface area is 565 Å². The lowest BCUT2D eigenvalue weighted by Crippen LogP contribution is -2.47. The molecule has 0 aliphatic carbocycles. The summed E-state index contributed by atoms with van der Waals surface area (Å²) in [5, 5.41) is 3.05. The van der Waals surface area contributed by atoms with Gasteiger partial charge in [-0.2, -0.15) is 0 Å². The molecular formula is C81H151N2O7P. The molecule has 0 aliphatic rings. The summed E-state index contributed by atoms with van der Waals surface area (Å²) >= 11 is 0. The average Bonchev–Trinajstić information content (AvgIpc) is 3.08. The number of carbonyl (C=O) groups is 2. The average molecular weight is 1300 g/mol. The summed E-state index contributed by atoms with van der Waals surface area (Å²) in [4.78, 5) is 40.3. The molecule has 1 N–H and O–H groups in total. The van der Waals surface area contributed by atoms with Gasteiger partial charge in [0.15, 0.2) is 0 Å². The quantitative estimate of drug-likeness (QED) is 0.0212. The number of esters is 1. The molecule has 1 amide bonds. The van der Waals surface area contributed by atoms with Crippen LogP contribution in [0.5, 0.6) is 0 Å². The molecule has 532 valence electrons. The predicted molar refractivity (Wildman–Crippen MR) is 395 cm³/mol. The van der Waals surface area contributed by atoms with Crippen LogP contribution < -0.4 is 10.2 Å². The second kappa shape index (κ2) is 70.3. The third-order valence-electron chi connectivity index (χ3n) is 17.6. The number of nitrogens with one attached hydrogen (secondary N) is 1. The van der Waals surface area contributed by atoms with E-state index < -0.39 is 20.0 Å². The van der Waals surface area contributed by atoms with E-state index >= 15 is 0 Å². The number of phosphoric acid groups is 1. The van der Waals surface area contributed by atoms with E-state index in [0.717, 1.165) is 77.0 Å². The maximum Gasteiger partial charge on any atom is 0.306 e. The van der Waals surface area contributed by atoms with Crippen molar-refractivity contribution in [1.29, 1.82) is 0 Å². The van der Waals surface area contributed by atoms with Crippen LogP contribution in [0.3, 0.4) is 0 Å². The van der Waals surface area contributed by atoms with Crippen molar-refractivity contribution in [1.82, 2.24) is 5.32 Å². The highest BCUT2D eigenvalue weighted by Gasteiger charge is 2.27. The standard InChI is InChI=1S/C81H151N2O7P/c1-7-10-13-16-19-22-25-27-29-31-33-35-37-39-41-43-45-47-49-51-53-55-58-61-64-67-70-73-80(84)82-78(77-89-91(86,87)88-76-75-83(4,5)6)79(72-69-66-63-60-57-24-21-18-15-12-9-3)90-81(85)74-71-68-65-62-59-56-54-52-50-48-46-44-42-40-38-36-34-32-30-28-26-23-20-17-14-11-8-2/h19-20,22-23,27-30,33,35,69,72,78-79H,7-18,21,24-26,31-32,34,36-68,70-71,73-77H2,1-6H3,(H-,82,84,86,87)/b22-19-,23-20-,29-27-,30-28-,35-33-,72-69+. The minimum absolute atomic E-state index is 0.0221. The molecule has 3 unspecified atom stereocenters. The van der Waals surface area contributed by atoms with Crippen molar-refractivity contribution in [3.63, 3.8) is 0 Å². The normalized spacial score (nSPS) is 13.8. The van der Waals surface area contributed by atoms with Gasteiger partial charge >= 0.3 is 5.97 Å². The number of carbonyl (C=O) groups excluding carboxylic acids is 2. The number of nitrogens with zero attached hydrogens (tertiary/aromatic N) is 1. The third-order valence-corrected chi connectivity index (χ3v) is 18.6. The number of likely N-dealkylation sites (N-methyl/N-ethyl adjacent to an activating group) is 1.